The molecule has 0 saturated carbocycles. The number of aliphatic imine (C=N–C) groups is 1. The van der Waals surface area contributed by atoms with Crippen LogP contribution in [-0.4, -0.2) is 11.3 Å². The van der Waals surface area contributed by atoms with Gasteiger partial charge in [-0.1, -0.05) is 6.07 Å². The number of benzene rings is 1. The van der Waals surface area contributed by atoms with E-state index in [0.29, 0.717) is 5.75 Å². The van der Waals surface area contributed by atoms with Gasteiger partial charge in [-0.3, -0.25) is 4.99 Å². The lowest BCUT2D eigenvalue weighted by Crippen LogP contribution is -1.96. The van der Waals surface area contributed by atoms with Gasteiger partial charge >= 0.3 is 0 Å². The maximum Gasteiger partial charge on any atom is 0.141 e. The number of nitrogens with zero attached hydrogens (tertiary/aromatic N) is 1. The van der Waals surface area contributed by atoms with Crippen molar-refractivity contribution >= 4 is 11.9 Å². The third-order valence-electron chi connectivity index (χ3n) is 2.24. The van der Waals surface area contributed by atoms with Gasteiger partial charge in [0.25, 0.3) is 0 Å². The normalized spacial score (nSPS) is 14.4. The number of aryl methyl sites for hydroxylation is 1. The lowest BCUT2D eigenvalue weighted by atomic mass is 9.99. The lowest BCUT2D eigenvalue weighted by molar-refractivity contribution is 0.476. The highest BCUT2D eigenvalue weighted by molar-refractivity contribution is 5.73. The van der Waals surface area contributed by atoms with E-state index in [-0.39, 0.29) is 0 Å². The number of hydrogen-bond acceptors (Lipinski definition) is 2. The van der Waals surface area contributed by atoms with Crippen LogP contribution >= 0.6 is 0 Å². The summed E-state index contributed by atoms with van der Waals surface area (Å²) < 4.78 is 0. The van der Waals surface area contributed by atoms with Crippen molar-refractivity contribution in [3.8, 4) is 5.75 Å². The summed E-state index contributed by atoms with van der Waals surface area (Å²) >= 11 is 0. The molecule has 0 aromatic heterocycles. The average molecular weight is 161 g/mol. The summed E-state index contributed by atoms with van der Waals surface area (Å²) in [5.41, 5.74) is 3.18. The monoisotopic (exact) mass is 161 g/mol. The van der Waals surface area contributed by atoms with E-state index >= 15 is 0 Å². The molecular weight excluding hydrogens is 150 g/mol. The van der Waals surface area contributed by atoms with E-state index in [4.69, 9.17) is 0 Å². The van der Waals surface area contributed by atoms with Crippen molar-refractivity contribution < 1.29 is 5.11 Å². The highest BCUT2D eigenvalue weighted by atomic mass is 16.3. The highest BCUT2D eigenvalue weighted by Gasteiger charge is 2.11. The van der Waals surface area contributed by atoms with Crippen molar-refractivity contribution in [3.05, 3.63) is 23.3 Å². The Kier molecular flexibility index (Phi) is 1.61. The molecular formula is C10H11NO. The predicted octanol–water partition coefficient (Wildman–Crippen LogP) is 2.35. The van der Waals surface area contributed by atoms with E-state index in [1.807, 2.05) is 12.3 Å². The summed E-state index contributed by atoms with van der Waals surface area (Å²) in [5.74, 6) is 0.298. The maximum absolute atomic E-state index is 9.47. The highest BCUT2D eigenvalue weighted by Crippen LogP contribution is 2.35. The molecule has 0 bridgehead atoms. The zero-order chi connectivity index (χ0) is 8.55. The van der Waals surface area contributed by atoms with Crippen LogP contribution in [-0.2, 0) is 6.42 Å². The standard InChI is InChI=1S/C10H11NO/c1-7-4-5-9(12)10-8(7)3-2-6-11-10/h4-6,12H,2-3H2,1H3. The van der Waals surface area contributed by atoms with E-state index in [9.17, 15) is 5.11 Å². The Hall–Kier alpha value is -1.31. The molecule has 2 nitrogen and oxygen atoms in total. The first kappa shape index (κ1) is 7.35. The van der Waals surface area contributed by atoms with Gasteiger partial charge in [0.15, 0.2) is 0 Å². The molecule has 1 aromatic rings. The van der Waals surface area contributed by atoms with E-state index in [2.05, 4.69) is 11.9 Å². The molecule has 12 heavy (non-hydrogen) atoms. The molecule has 0 radical (unpaired) electrons. The molecule has 0 spiro atoms. The minimum absolute atomic E-state index is 0.298. The van der Waals surface area contributed by atoms with Crippen LogP contribution in [0.3, 0.4) is 0 Å². The summed E-state index contributed by atoms with van der Waals surface area (Å²) in [5, 5.41) is 9.47. The minimum atomic E-state index is 0.298. The second kappa shape index (κ2) is 2.63. The van der Waals surface area contributed by atoms with E-state index in [1.165, 1.54) is 11.1 Å². The molecule has 62 valence electrons. The van der Waals surface area contributed by atoms with E-state index < -0.39 is 0 Å². The van der Waals surface area contributed by atoms with Crippen LogP contribution < -0.4 is 0 Å². The van der Waals surface area contributed by atoms with Crippen molar-refractivity contribution in [2.75, 3.05) is 0 Å². The van der Waals surface area contributed by atoms with Gasteiger partial charge in [0, 0.05) is 6.21 Å². The molecule has 0 amide bonds. The summed E-state index contributed by atoms with van der Waals surface area (Å²) in [6.45, 7) is 2.05. The predicted molar refractivity (Wildman–Crippen MR) is 49.3 cm³/mol. The third-order valence-corrected chi connectivity index (χ3v) is 2.24. The van der Waals surface area contributed by atoms with E-state index in [0.717, 1.165) is 18.5 Å². The van der Waals surface area contributed by atoms with Gasteiger partial charge in [-0.2, -0.15) is 0 Å². The topological polar surface area (TPSA) is 32.6 Å². The van der Waals surface area contributed by atoms with Gasteiger partial charge in [0.1, 0.15) is 11.4 Å². The second-order valence-electron chi connectivity index (χ2n) is 3.08. The fraction of sp³-hybridized carbons (Fsp3) is 0.300. The first-order chi connectivity index (χ1) is 5.79. The fourth-order valence-electron chi connectivity index (χ4n) is 1.55. The molecule has 2 heteroatoms. The van der Waals surface area contributed by atoms with Crippen molar-refractivity contribution in [1.29, 1.82) is 0 Å². The van der Waals surface area contributed by atoms with Crippen LogP contribution in [0.4, 0.5) is 5.69 Å². The largest absolute Gasteiger partial charge is 0.506 e. The van der Waals surface area contributed by atoms with Crippen molar-refractivity contribution in [1.82, 2.24) is 0 Å². The van der Waals surface area contributed by atoms with E-state index in [1.54, 1.807) is 6.07 Å². The van der Waals surface area contributed by atoms with Crippen molar-refractivity contribution in [3.63, 3.8) is 0 Å². The summed E-state index contributed by atoms with van der Waals surface area (Å²) in [6.07, 6.45) is 3.85. The molecule has 0 aliphatic carbocycles. The fourth-order valence-corrected chi connectivity index (χ4v) is 1.55. The average Bonchev–Trinajstić information content (AvgIpc) is 2.12. The quantitative estimate of drug-likeness (QED) is 0.622. The zero-order valence-electron chi connectivity index (χ0n) is 7.04. The first-order valence-electron chi connectivity index (χ1n) is 4.13. The summed E-state index contributed by atoms with van der Waals surface area (Å²) in [4.78, 5) is 4.18. The number of fused-ring (bicyclic) bond motifs is 1. The van der Waals surface area contributed by atoms with Crippen LogP contribution in [0.2, 0.25) is 0 Å². The van der Waals surface area contributed by atoms with Gasteiger partial charge in [0.2, 0.25) is 0 Å². The molecule has 1 N–H and O–H groups in total. The molecule has 0 unspecified atom stereocenters. The smallest absolute Gasteiger partial charge is 0.141 e. The minimum Gasteiger partial charge on any atom is -0.506 e. The Bertz CT molecular complexity index is 342. The molecule has 0 atom stereocenters. The molecule has 1 aliphatic heterocycles. The summed E-state index contributed by atoms with van der Waals surface area (Å²) in [7, 11) is 0. The van der Waals surface area contributed by atoms with Gasteiger partial charge in [-0.15, -0.1) is 0 Å². The molecule has 1 aliphatic rings. The number of hydrogen-bond donors (Lipinski definition) is 1. The second-order valence-corrected chi connectivity index (χ2v) is 3.08. The summed E-state index contributed by atoms with van der Waals surface area (Å²) in [6, 6.07) is 3.64. The number of aromatic hydroxyl groups is 1. The number of rotatable bonds is 0. The Labute approximate surface area is 71.6 Å². The number of phenols is 1. The van der Waals surface area contributed by atoms with Crippen LogP contribution in [0.5, 0.6) is 5.75 Å². The zero-order valence-corrected chi connectivity index (χ0v) is 7.04. The van der Waals surface area contributed by atoms with Gasteiger partial charge in [-0.25, -0.2) is 0 Å². The van der Waals surface area contributed by atoms with Crippen LogP contribution in [0, 0.1) is 6.92 Å². The third kappa shape index (κ3) is 0.998. The maximum atomic E-state index is 9.47. The van der Waals surface area contributed by atoms with Crippen LogP contribution in [0.25, 0.3) is 0 Å². The Balaban J connectivity index is 2.67. The van der Waals surface area contributed by atoms with Gasteiger partial charge in [-0.05, 0) is 37.0 Å². The number of phenolic OH excluding ortho intramolecular Hbond substituents is 1. The SMILES string of the molecule is Cc1ccc(O)c2c1CCC=N2. The molecule has 0 fully saturated rings. The van der Waals surface area contributed by atoms with Gasteiger partial charge in [0.05, 0.1) is 0 Å². The first-order valence-corrected chi connectivity index (χ1v) is 4.13. The van der Waals surface area contributed by atoms with Crippen molar-refractivity contribution in [2.24, 2.45) is 4.99 Å². The van der Waals surface area contributed by atoms with Gasteiger partial charge < -0.3 is 5.11 Å². The molecule has 1 heterocycles. The Morgan fingerprint density at radius 1 is 1.42 bits per heavy atom. The molecule has 0 saturated heterocycles. The molecule has 2 rings (SSSR count). The van der Waals surface area contributed by atoms with Crippen LogP contribution in [0.15, 0.2) is 17.1 Å². The Morgan fingerprint density at radius 2 is 2.25 bits per heavy atom. The molecule has 1 aromatic carbocycles. The Morgan fingerprint density at radius 3 is 3.00 bits per heavy atom. The lowest BCUT2D eigenvalue weighted by Gasteiger charge is -2.13. The van der Waals surface area contributed by atoms with Crippen molar-refractivity contribution in [2.45, 2.75) is 19.8 Å². The van der Waals surface area contributed by atoms with Crippen LogP contribution in [0.1, 0.15) is 17.5 Å².